The van der Waals surface area contributed by atoms with Crippen molar-refractivity contribution < 1.29 is 14.3 Å². The summed E-state index contributed by atoms with van der Waals surface area (Å²) >= 11 is 0. The molecule has 0 bridgehead atoms. The van der Waals surface area contributed by atoms with Gasteiger partial charge in [-0.2, -0.15) is 0 Å². The molecule has 6 heteroatoms. The fraction of sp³-hybridized carbons (Fsp3) is 0.600. The number of nitrogens with zero attached hydrogens (tertiary/aromatic N) is 1. The smallest absolute Gasteiger partial charge is 0.407 e. The third-order valence-corrected chi connectivity index (χ3v) is 2.81. The van der Waals surface area contributed by atoms with E-state index < -0.39 is 11.7 Å². The van der Waals surface area contributed by atoms with Crippen LogP contribution < -0.4 is 15.8 Å². The average molecular weight is 295 g/mol. The minimum atomic E-state index is -0.515. The van der Waals surface area contributed by atoms with Gasteiger partial charge >= 0.3 is 6.09 Å². The lowest BCUT2D eigenvalue weighted by molar-refractivity contribution is 0.0525. The highest BCUT2D eigenvalue weighted by Crippen LogP contribution is 2.20. The van der Waals surface area contributed by atoms with E-state index in [4.69, 9.17) is 15.2 Å². The number of carbonyl (C=O) groups is 1. The number of alkyl carbamates (subject to hydrolysis) is 1. The Hall–Kier alpha value is -1.82. The largest absolute Gasteiger partial charge is 0.481 e. The predicted octanol–water partition coefficient (Wildman–Crippen LogP) is 1.97. The Bertz CT molecular complexity index is 484. The molecular formula is C15H25N3O3. The van der Waals surface area contributed by atoms with E-state index in [1.54, 1.807) is 7.11 Å². The van der Waals surface area contributed by atoms with Crippen molar-refractivity contribution >= 4 is 6.09 Å². The van der Waals surface area contributed by atoms with Crippen molar-refractivity contribution in [2.45, 2.75) is 39.2 Å². The number of pyridine rings is 1. The van der Waals surface area contributed by atoms with Gasteiger partial charge in [-0.25, -0.2) is 9.78 Å². The second-order valence-electron chi connectivity index (χ2n) is 5.90. The summed E-state index contributed by atoms with van der Waals surface area (Å²) in [5.41, 5.74) is 7.12. The lowest BCUT2D eigenvalue weighted by atomic mass is 9.99. The molecule has 0 aliphatic heterocycles. The van der Waals surface area contributed by atoms with Gasteiger partial charge in [0.25, 0.3) is 0 Å². The first-order valence-electron chi connectivity index (χ1n) is 6.94. The monoisotopic (exact) mass is 295 g/mol. The van der Waals surface area contributed by atoms with Gasteiger partial charge in [0.15, 0.2) is 0 Å². The zero-order chi connectivity index (χ0) is 16.0. The molecule has 1 heterocycles. The molecule has 6 nitrogen and oxygen atoms in total. The van der Waals surface area contributed by atoms with Crippen LogP contribution in [0.25, 0.3) is 0 Å². The number of nitrogens with two attached hydrogens (primary N) is 1. The molecule has 118 valence electrons. The molecule has 0 saturated heterocycles. The maximum absolute atomic E-state index is 11.7. The van der Waals surface area contributed by atoms with Crippen LogP contribution in [0.2, 0.25) is 0 Å². The summed E-state index contributed by atoms with van der Waals surface area (Å²) in [6.45, 7) is 8.17. The number of ether oxygens (including phenoxy) is 2. The second-order valence-corrected chi connectivity index (χ2v) is 5.90. The van der Waals surface area contributed by atoms with Crippen molar-refractivity contribution in [3.8, 4) is 5.88 Å². The number of hydrogen-bond acceptors (Lipinski definition) is 5. The van der Waals surface area contributed by atoms with Gasteiger partial charge in [-0.1, -0.05) is 0 Å². The van der Waals surface area contributed by atoms with E-state index in [0.717, 1.165) is 11.3 Å². The first-order chi connectivity index (χ1) is 9.75. The van der Waals surface area contributed by atoms with E-state index in [-0.39, 0.29) is 5.92 Å². The van der Waals surface area contributed by atoms with Gasteiger partial charge in [0.1, 0.15) is 5.60 Å². The second kappa shape index (κ2) is 7.26. The minimum absolute atomic E-state index is 0.0203. The summed E-state index contributed by atoms with van der Waals surface area (Å²) in [7, 11) is 1.57. The minimum Gasteiger partial charge on any atom is -0.481 e. The molecule has 0 saturated carbocycles. The van der Waals surface area contributed by atoms with E-state index in [1.165, 1.54) is 0 Å². The van der Waals surface area contributed by atoms with E-state index in [2.05, 4.69) is 10.3 Å². The lowest BCUT2D eigenvalue weighted by Gasteiger charge is -2.22. The molecule has 0 fully saturated rings. The maximum atomic E-state index is 11.7. The van der Waals surface area contributed by atoms with Crippen LogP contribution in [-0.2, 0) is 4.74 Å². The first-order valence-corrected chi connectivity index (χ1v) is 6.94. The normalized spacial score (nSPS) is 12.7. The van der Waals surface area contributed by atoms with Crippen molar-refractivity contribution in [3.63, 3.8) is 0 Å². The number of hydrogen-bond donors (Lipinski definition) is 2. The van der Waals surface area contributed by atoms with Crippen molar-refractivity contribution in [2.75, 3.05) is 20.2 Å². The van der Waals surface area contributed by atoms with E-state index in [9.17, 15) is 4.79 Å². The molecule has 1 atom stereocenters. The Kier molecular flexibility index (Phi) is 5.96. The molecule has 1 unspecified atom stereocenters. The van der Waals surface area contributed by atoms with Crippen molar-refractivity contribution in [3.05, 3.63) is 23.4 Å². The zero-order valence-corrected chi connectivity index (χ0v) is 13.4. The van der Waals surface area contributed by atoms with Gasteiger partial charge in [0.2, 0.25) is 5.88 Å². The van der Waals surface area contributed by atoms with Gasteiger partial charge in [-0.15, -0.1) is 0 Å². The molecular weight excluding hydrogens is 270 g/mol. The molecule has 21 heavy (non-hydrogen) atoms. The van der Waals surface area contributed by atoms with Crippen LogP contribution in [0.5, 0.6) is 5.88 Å². The van der Waals surface area contributed by atoms with Crippen molar-refractivity contribution in [1.29, 1.82) is 0 Å². The predicted molar refractivity (Wildman–Crippen MR) is 81.6 cm³/mol. The Morgan fingerprint density at radius 2 is 2.10 bits per heavy atom. The Balaban J connectivity index is 2.71. The quantitative estimate of drug-likeness (QED) is 0.867. The number of rotatable bonds is 5. The molecule has 0 aliphatic rings. The highest BCUT2D eigenvalue weighted by atomic mass is 16.6. The topological polar surface area (TPSA) is 86.5 Å². The van der Waals surface area contributed by atoms with E-state index in [1.807, 2.05) is 39.8 Å². The number of amides is 1. The van der Waals surface area contributed by atoms with Crippen molar-refractivity contribution in [2.24, 2.45) is 5.73 Å². The molecule has 0 aromatic carbocycles. The average Bonchev–Trinajstić information content (AvgIpc) is 2.36. The van der Waals surface area contributed by atoms with Crippen LogP contribution in [-0.4, -0.2) is 36.9 Å². The highest BCUT2D eigenvalue weighted by molar-refractivity contribution is 5.67. The molecule has 3 N–H and O–H groups in total. The van der Waals surface area contributed by atoms with Gasteiger partial charge in [0.05, 0.1) is 7.11 Å². The molecule has 1 rings (SSSR count). The maximum Gasteiger partial charge on any atom is 0.407 e. The Morgan fingerprint density at radius 3 is 2.62 bits per heavy atom. The first kappa shape index (κ1) is 17.2. The SMILES string of the molecule is COc1cc(C(CN)CNC(=O)OC(C)(C)C)cc(C)n1. The molecule has 1 aromatic rings. The van der Waals surface area contributed by atoms with Crippen molar-refractivity contribution in [1.82, 2.24) is 10.3 Å². The van der Waals surface area contributed by atoms with Crippen LogP contribution in [0.3, 0.4) is 0 Å². The van der Waals surface area contributed by atoms with Gasteiger partial charge < -0.3 is 20.5 Å². The number of carbonyl (C=O) groups excluding carboxylic acids is 1. The third kappa shape index (κ3) is 5.99. The fourth-order valence-electron chi connectivity index (χ4n) is 1.86. The van der Waals surface area contributed by atoms with Crippen LogP contribution in [0.1, 0.15) is 37.9 Å². The molecule has 0 aliphatic carbocycles. The number of aromatic nitrogens is 1. The zero-order valence-electron chi connectivity index (χ0n) is 13.4. The molecule has 0 spiro atoms. The molecule has 0 radical (unpaired) electrons. The summed E-state index contributed by atoms with van der Waals surface area (Å²) in [4.78, 5) is 15.9. The molecule has 1 amide bonds. The van der Waals surface area contributed by atoms with Gasteiger partial charge in [-0.3, -0.25) is 0 Å². The lowest BCUT2D eigenvalue weighted by Crippen LogP contribution is -2.36. The van der Waals surface area contributed by atoms with Crippen LogP contribution >= 0.6 is 0 Å². The summed E-state index contributed by atoms with van der Waals surface area (Å²) in [6.07, 6.45) is -0.446. The number of nitrogens with one attached hydrogen (secondary N) is 1. The summed E-state index contributed by atoms with van der Waals surface area (Å²) in [6, 6.07) is 3.78. The summed E-state index contributed by atoms with van der Waals surface area (Å²) in [5, 5.41) is 2.74. The van der Waals surface area contributed by atoms with Gasteiger partial charge in [0, 0.05) is 30.8 Å². The van der Waals surface area contributed by atoms with Crippen LogP contribution in [0.15, 0.2) is 12.1 Å². The van der Waals surface area contributed by atoms with Gasteiger partial charge in [-0.05, 0) is 39.3 Å². The Morgan fingerprint density at radius 1 is 1.43 bits per heavy atom. The summed E-state index contributed by atoms with van der Waals surface area (Å²) < 4.78 is 10.4. The standard InChI is InChI=1S/C15H25N3O3/c1-10-6-11(7-13(18-10)20-5)12(8-16)9-17-14(19)21-15(2,3)4/h6-7,12H,8-9,16H2,1-5H3,(H,17,19). The number of aryl methyl sites for hydroxylation is 1. The van der Waals surface area contributed by atoms with E-state index >= 15 is 0 Å². The van der Waals surface area contributed by atoms with E-state index in [0.29, 0.717) is 19.0 Å². The fourth-order valence-corrected chi connectivity index (χ4v) is 1.86. The Labute approximate surface area is 126 Å². The van der Waals surface area contributed by atoms with Crippen LogP contribution in [0, 0.1) is 6.92 Å². The summed E-state index contributed by atoms with van der Waals surface area (Å²) in [5.74, 6) is 0.522. The number of methoxy groups -OCH3 is 1. The van der Waals surface area contributed by atoms with Crippen LogP contribution in [0.4, 0.5) is 4.79 Å². The molecule has 1 aromatic heterocycles. The third-order valence-electron chi connectivity index (χ3n) is 2.81. The highest BCUT2D eigenvalue weighted by Gasteiger charge is 2.18.